The van der Waals surface area contributed by atoms with Gasteiger partial charge in [-0.25, -0.2) is 0 Å². The smallest absolute Gasteiger partial charge is 0.270 e. The first kappa shape index (κ1) is 13.3. The minimum atomic E-state index is -0.519. The van der Waals surface area contributed by atoms with Crippen LogP contribution >= 0.6 is 0 Å². The molecule has 1 aromatic carbocycles. The zero-order valence-corrected chi connectivity index (χ0v) is 10.5. The normalized spacial score (nSPS) is 18.1. The van der Waals surface area contributed by atoms with Crippen molar-refractivity contribution in [2.75, 3.05) is 25.6 Å². The highest BCUT2D eigenvalue weighted by Crippen LogP contribution is 2.22. The highest BCUT2D eigenvalue weighted by molar-refractivity contribution is 6.00. The maximum atomic E-state index is 12.1. The van der Waals surface area contributed by atoms with Crippen molar-refractivity contribution in [3.8, 4) is 0 Å². The van der Waals surface area contributed by atoms with Crippen molar-refractivity contribution in [2.24, 2.45) is 0 Å². The third kappa shape index (κ3) is 3.00. The van der Waals surface area contributed by atoms with Crippen molar-refractivity contribution in [2.45, 2.75) is 12.5 Å². The maximum Gasteiger partial charge on any atom is 0.270 e. The first-order chi connectivity index (χ1) is 9.11. The summed E-state index contributed by atoms with van der Waals surface area (Å²) in [5.74, 6) is -0.330. The Hall–Kier alpha value is -2.15. The quantitative estimate of drug-likeness (QED) is 0.629. The molecule has 0 bridgehead atoms. The van der Waals surface area contributed by atoms with Crippen LogP contribution in [0.1, 0.15) is 16.8 Å². The van der Waals surface area contributed by atoms with Gasteiger partial charge in [-0.15, -0.1) is 0 Å². The predicted molar refractivity (Wildman–Crippen MR) is 69.3 cm³/mol. The summed E-state index contributed by atoms with van der Waals surface area (Å²) in [6, 6.07) is 4.13. The Morgan fingerprint density at radius 2 is 2.32 bits per heavy atom. The lowest BCUT2D eigenvalue weighted by Gasteiger charge is -2.13. The fourth-order valence-electron chi connectivity index (χ4n) is 1.96. The summed E-state index contributed by atoms with van der Waals surface area (Å²) in [5.41, 5.74) is 0.720. The van der Waals surface area contributed by atoms with Gasteiger partial charge in [-0.05, 0) is 12.5 Å². The van der Waals surface area contributed by atoms with Crippen LogP contribution in [0.2, 0.25) is 0 Å². The Morgan fingerprint density at radius 3 is 2.89 bits per heavy atom. The molecule has 2 N–H and O–H groups in total. The Kier molecular flexibility index (Phi) is 3.96. The van der Waals surface area contributed by atoms with Gasteiger partial charge < -0.3 is 15.4 Å². The van der Waals surface area contributed by atoms with Crippen molar-refractivity contribution in [1.29, 1.82) is 0 Å². The minimum Gasteiger partial charge on any atom is -0.387 e. The number of nitrogens with zero attached hydrogens (tertiary/aromatic N) is 1. The number of carbonyl (C=O) groups excluding carboxylic acids is 1. The van der Waals surface area contributed by atoms with Crippen LogP contribution in [0.4, 0.5) is 11.4 Å². The molecular weight excluding hydrogens is 250 g/mol. The molecule has 2 rings (SSSR count). The SMILES string of the molecule is CNc1ccc([N+](=O)[O-])cc1C(=O)NC1CCOC1. The molecule has 0 aromatic heterocycles. The van der Waals surface area contributed by atoms with Crippen molar-refractivity contribution >= 4 is 17.3 Å². The van der Waals surface area contributed by atoms with Crippen LogP contribution < -0.4 is 10.6 Å². The van der Waals surface area contributed by atoms with E-state index >= 15 is 0 Å². The van der Waals surface area contributed by atoms with Crippen LogP contribution in [0.3, 0.4) is 0 Å². The Balaban J connectivity index is 2.22. The molecule has 1 fully saturated rings. The molecule has 0 saturated carbocycles. The summed E-state index contributed by atoms with van der Waals surface area (Å²) in [5, 5.41) is 16.4. The van der Waals surface area contributed by atoms with Crippen LogP contribution in [0.15, 0.2) is 18.2 Å². The Bertz CT molecular complexity index is 498. The predicted octanol–water partition coefficient (Wildman–Crippen LogP) is 1.16. The van der Waals surface area contributed by atoms with Crippen molar-refractivity contribution in [1.82, 2.24) is 5.32 Å². The number of anilines is 1. The van der Waals surface area contributed by atoms with E-state index in [2.05, 4.69) is 10.6 Å². The average Bonchev–Trinajstić information content (AvgIpc) is 2.90. The van der Waals surface area contributed by atoms with Gasteiger partial charge >= 0.3 is 0 Å². The number of hydrogen-bond acceptors (Lipinski definition) is 5. The summed E-state index contributed by atoms with van der Waals surface area (Å²) < 4.78 is 5.17. The van der Waals surface area contributed by atoms with E-state index in [1.807, 2.05) is 0 Å². The first-order valence-electron chi connectivity index (χ1n) is 5.96. The molecule has 1 aliphatic rings. The van der Waals surface area contributed by atoms with Gasteiger partial charge in [0.2, 0.25) is 0 Å². The summed E-state index contributed by atoms with van der Waals surface area (Å²) in [7, 11) is 1.66. The molecule has 7 heteroatoms. The monoisotopic (exact) mass is 265 g/mol. The fourth-order valence-corrected chi connectivity index (χ4v) is 1.96. The number of nitro groups is 1. The van der Waals surface area contributed by atoms with E-state index < -0.39 is 4.92 Å². The fraction of sp³-hybridized carbons (Fsp3) is 0.417. The van der Waals surface area contributed by atoms with Gasteiger partial charge in [0.25, 0.3) is 11.6 Å². The van der Waals surface area contributed by atoms with E-state index in [0.29, 0.717) is 18.9 Å². The number of rotatable bonds is 4. The summed E-state index contributed by atoms with van der Waals surface area (Å²) in [6.07, 6.45) is 0.759. The van der Waals surface area contributed by atoms with E-state index in [9.17, 15) is 14.9 Å². The molecule has 19 heavy (non-hydrogen) atoms. The van der Waals surface area contributed by atoms with Gasteiger partial charge in [0.15, 0.2) is 0 Å². The highest BCUT2D eigenvalue weighted by atomic mass is 16.6. The van der Waals surface area contributed by atoms with Crippen molar-refractivity contribution in [3.63, 3.8) is 0 Å². The molecule has 0 radical (unpaired) electrons. The topological polar surface area (TPSA) is 93.5 Å². The third-order valence-electron chi connectivity index (χ3n) is 2.99. The van der Waals surface area contributed by atoms with Crippen molar-refractivity contribution < 1.29 is 14.5 Å². The minimum absolute atomic E-state index is 0.0310. The van der Waals surface area contributed by atoms with Gasteiger partial charge in [0.1, 0.15) is 0 Å². The van der Waals surface area contributed by atoms with Crippen LogP contribution in [0, 0.1) is 10.1 Å². The second-order valence-electron chi connectivity index (χ2n) is 4.27. The van der Waals surface area contributed by atoms with Crippen LogP contribution in [0.5, 0.6) is 0 Å². The number of benzene rings is 1. The molecule has 1 heterocycles. The number of nitrogens with one attached hydrogen (secondary N) is 2. The Morgan fingerprint density at radius 1 is 1.53 bits per heavy atom. The van der Waals surface area contributed by atoms with Gasteiger partial charge in [-0.2, -0.15) is 0 Å². The highest BCUT2D eigenvalue weighted by Gasteiger charge is 2.21. The largest absolute Gasteiger partial charge is 0.387 e. The number of carbonyl (C=O) groups is 1. The molecule has 1 aliphatic heterocycles. The lowest BCUT2D eigenvalue weighted by atomic mass is 10.1. The molecule has 1 atom stereocenters. The molecule has 0 spiro atoms. The molecule has 7 nitrogen and oxygen atoms in total. The molecule has 1 saturated heterocycles. The standard InChI is InChI=1S/C12H15N3O4/c1-13-11-3-2-9(15(17)18)6-10(11)12(16)14-8-4-5-19-7-8/h2-3,6,8,13H,4-5,7H2,1H3,(H,14,16). The second-order valence-corrected chi connectivity index (χ2v) is 4.27. The van der Waals surface area contributed by atoms with Crippen LogP contribution in [-0.4, -0.2) is 37.1 Å². The molecule has 1 unspecified atom stereocenters. The Labute approximate surface area is 110 Å². The maximum absolute atomic E-state index is 12.1. The number of amides is 1. The average molecular weight is 265 g/mol. The summed E-state index contributed by atoms with van der Waals surface area (Å²) >= 11 is 0. The molecule has 0 aliphatic carbocycles. The second kappa shape index (κ2) is 5.66. The van der Waals surface area contributed by atoms with E-state index in [1.54, 1.807) is 7.05 Å². The van der Waals surface area contributed by atoms with Gasteiger partial charge in [-0.3, -0.25) is 14.9 Å². The molecule has 1 aromatic rings. The molecule has 1 amide bonds. The molecule has 102 valence electrons. The number of nitro benzene ring substituents is 1. The number of ether oxygens (including phenoxy) is 1. The summed E-state index contributed by atoms with van der Waals surface area (Å²) in [4.78, 5) is 22.4. The number of non-ortho nitro benzene ring substituents is 1. The van der Waals surface area contributed by atoms with Gasteiger partial charge in [0.05, 0.1) is 23.1 Å². The molecular formula is C12H15N3O4. The number of hydrogen-bond donors (Lipinski definition) is 2. The zero-order chi connectivity index (χ0) is 13.8. The van der Waals surface area contributed by atoms with Crippen LogP contribution in [0.25, 0.3) is 0 Å². The zero-order valence-electron chi connectivity index (χ0n) is 10.5. The summed E-state index contributed by atoms with van der Waals surface area (Å²) in [6.45, 7) is 1.11. The first-order valence-corrected chi connectivity index (χ1v) is 5.96. The lowest BCUT2D eigenvalue weighted by molar-refractivity contribution is -0.384. The van der Waals surface area contributed by atoms with E-state index in [4.69, 9.17) is 4.74 Å². The van der Waals surface area contributed by atoms with E-state index in [-0.39, 0.29) is 23.2 Å². The van der Waals surface area contributed by atoms with Gasteiger partial charge in [-0.1, -0.05) is 0 Å². The van der Waals surface area contributed by atoms with Crippen molar-refractivity contribution in [3.05, 3.63) is 33.9 Å². The lowest BCUT2D eigenvalue weighted by Crippen LogP contribution is -2.35. The van der Waals surface area contributed by atoms with E-state index in [1.165, 1.54) is 18.2 Å². The van der Waals surface area contributed by atoms with Crippen LogP contribution in [-0.2, 0) is 4.74 Å². The van der Waals surface area contributed by atoms with E-state index in [0.717, 1.165) is 6.42 Å². The van der Waals surface area contributed by atoms with Gasteiger partial charge in [0, 0.05) is 31.5 Å². The third-order valence-corrected chi connectivity index (χ3v) is 2.99.